The van der Waals surface area contributed by atoms with Crippen molar-refractivity contribution >= 4 is 10.9 Å². The third kappa shape index (κ3) is 5.03. The monoisotopic (exact) mass is 750 g/mol. The first kappa shape index (κ1) is 33.3. The van der Waals surface area contributed by atoms with E-state index in [2.05, 4.69) is 169 Å². The number of benzene rings is 8. The second-order valence-corrected chi connectivity index (χ2v) is 15.3. The van der Waals surface area contributed by atoms with Gasteiger partial charge >= 0.3 is 0 Å². The molecule has 2 aliphatic rings. The van der Waals surface area contributed by atoms with E-state index in [4.69, 9.17) is 15.0 Å². The van der Waals surface area contributed by atoms with Gasteiger partial charge in [0.1, 0.15) is 0 Å². The van der Waals surface area contributed by atoms with Gasteiger partial charge in [-0.2, -0.15) is 0 Å². The van der Waals surface area contributed by atoms with Gasteiger partial charge in [0.25, 0.3) is 0 Å². The Bertz CT molecular complexity index is 3210. The molecule has 8 aromatic carbocycles. The number of pyridine rings is 1. The first-order chi connectivity index (χ1) is 29.3. The molecular weight excluding hydrogens is 717 g/mol. The molecule has 0 atom stereocenters. The van der Waals surface area contributed by atoms with Gasteiger partial charge in [0.15, 0.2) is 17.5 Å². The minimum Gasteiger partial charge on any atom is -0.256 e. The zero-order chi connectivity index (χ0) is 38.9. The molecule has 0 fully saturated rings. The van der Waals surface area contributed by atoms with Crippen molar-refractivity contribution in [3.8, 4) is 78.7 Å². The molecule has 0 unspecified atom stereocenters. The molecular formula is C55H34N4. The van der Waals surface area contributed by atoms with E-state index in [1.54, 1.807) is 0 Å². The van der Waals surface area contributed by atoms with E-state index >= 15 is 0 Å². The second-order valence-electron chi connectivity index (χ2n) is 15.3. The maximum atomic E-state index is 5.10. The van der Waals surface area contributed by atoms with Gasteiger partial charge in [0.2, 0.25) is 0 Å². The summed E-state index contributed by atoms with van der Waals surface area (Å²) in [5.41, 5.74) is 18.5. The van der Waals surface area contributed by atoms with Crippen molar-refractivity contribution in [1.82, 2.24) is 19.9 Å². The van der Waals surface area contributed by atoms with Crippen LogP contribution in [0.4, 0.5) is 0 Å². The van der Waals surface area contributed by atoms with E-state index in [1.807, 2.05) is 42.6 Å². The van der Waals surface area contributed by atoms with Crippen LogP contribution in [0.1, 0.15) is 22.3 Å². The van der Waals surface area contributed by atoms with Crippen molar-refractivity contribution in [3.05, 3.63) is 229 Å². The van der Waals surface area contributed by atoms with Crippen molar-refractivity contribution in [1.29, 1.82) is 0 Å². The molecule has 1 spiro atoms. The number of hydrogen-bond acceptors (Lipinski definition) is 4. The molecule has 274 valence electrons. The maximum Gasteiger partial charge on any atom is 0.164 e. The number of fused-ring (bicyclic) bond motifs is 11. The summed E-state index contributed by atoms with van der Waals surface area (Å²) in [6, 6.07) is 71.4. The van der Waals surface area contributed by atoms with Crippen LogP contribution in [0.3, 0.4) is 0 Å². The molecule has 0 aliphatic heterocycles. The van der Waals surface area contributed by atoms with Gasteiger partial charge in [0.05, 0.1) is 10.9 Å². The molecule has 0 saturated heterocycles. The Morgan fingerprint density at radius 1 is 0.288 bits per heavy atom. The average molecular weight is 751 g/mol. The minimum absolute atomic E-state index is 0.381. The molecule has 0 bridgehead atoms. The van der Waals surface area contributed by atoms with Crippen molar-refractivity contribution in [2.24, 2.45) is 0 Å². The average Bonchev–Trinajstić information content (AvgIpc) is 3.79. The lowest BCUT2D eigenvalue weighted by atomic mass is 9.70. The largest absolute Gasteiger partial charge is 0.256 e. The van der Waals surface area contributed by atoms with Crippen LogP contribution in [0.25, 0.3) is 89.6 Å². The lowest BCUT2D eigenvalue weighted by Gasteiger charge is -2.30. The molecule has 4 heteroatoms. The molecule has 59 heavy (non-hydrogen) atoms. The van der Waals surface area contributed by atoms with Gasteiger partial charge in [0, 0.05) is 33.8 Å². The normalized spacial score (nSPS) is 12.9. The Labute approximate surface area is 342 Å². The molecule has 4 nitrogen and oxygen atoms in total. The Morgan fingerprint density at radius 3 is 1.34 bits per heavy atom. The standard InChI is InChI=1S/C55H34N4/c1-2-13-38(14-3-1)52-57-53(59-54(58-52)40-32-28-36(29-33-40)42-21-10-15-37-16-12-34-56-51(37)42)39-30-26-35(27-31-39)41-20-11-25-49-50(41)45-19-6-9-24-48(45)55(49)46-22-7-4-17-43(46)44-18-5-8-23-47(44)55/h1-34H. The summed E-state index contributed by atoms with van der Waals surface area (Å²) in [7, 11) is 0. The van der Waals surface area contributed by atoms with Crippen LogP contribution in [-0.4, -0.2) is 19.9 Å². The van der Waals surface area contributed by atoms with Crippen molar-refractivity contribution in [2.75, 3.05) is 0 Å². The minimum atomic E-state index is -0.381. The van der Waals surface area contributed by atoms with Crippen molar-refractivity contribution < 1.29 is 0 Å². The Kier molecular flexibility index (Phi) is 7.41. The fourth-order valence-corrected chi connectivity index (χ4v) is 9.67. The van der Waals surface area contributed by atoms with Crippen LogP contribution in [-0.2, 0) is 5.41 Å². The zero-order valence-corrected chi connectivity index (χ0v) is 31.9. The van der Waals surface area contributed by atoms with Gasteiger partial charge in [-0.25, -0.2) is 15.0 Å². The number of aromatic nitrogens is 4. The van der Waals surface area contributed by atoms with E-state index in [9.17, 15) is 0 Å². The number of para-hydroxylation sites is 1. The highest BCUT2D eigenvalue weighted by Gasteiger charge is 2.51. The summed E-state index contributed by atoms with van der Waals surface area (Å²) in [6.07, 6.45) is 1.85. The van der Waals surface area contributed by atoms with Crippen molar-refractivity contribution in [2.45, 2.75) is 5.41 Å². The third-order valence-electron chi connectivity index (χ3n) is 12.2. The Balaban J connectivity index is 0.962. The summed E-state index contributed by atoms with van der Waals surface area (Å²) < 4.78 is 0. The van der Waals surface area contributed by atoms with E-state index in [0.717, 1.165) is 44.3 Å². The molecule has 0 saturated carbocycles. The summed E-state index contributed by atoms with van der Waals surface area (Å²) in [5.74, 6) is 1.89. The molecule has 0 radical (unpaired) electrons. The molecule has 2 aromatic heterocycles. The fourth-order valence-electron chi connectivity index (χ4n) is 9.67. The molecule has 2 aliphatic carbocycles. The van der Waals surface area contributed by atoms with Crippen molar-refractivity contribution in [3.63, 3.8) is 0 Å². The maximum absolute atomic E-state index is 5.10. The van der Waals surface area contributed by atoms with Crippen LogP contribution in [0.5, 0.6) is 0 Å². The van der Waals surface area contributed by atoms with Crippen LogP contribution in [0.2, 0.25) is 0 Å². The van der Waals surface area contributed by atoms with Gasteiger partial charge in [-0.05, 0) is 67.3 Å². The zero-order valence-electron chi connectivity index (χ0n) is 31.9. The fraction of sp³-hybridized carbons (Fsp3) is 0.0182. The highest BCUT2D eigenvalue weighted by Crippen LogP contribution is 2.63. The Hall–Kier alpha value is -7.82. The lowest BCUT2D eigenvalue weighted by molar-refractivity contribution is 0.794. The molecule has 12 rings (SSSR count). The summed E-state index contributed by atoms with van der Waals surface area (Å²) in [5, 5.41) is 1.12. The number of rotatable bonds is 5. The lowest BCUT2D eigenvalue weighted by Crippen LogP contribution is -2.25. The predicted octanol–water partition coefficient (Wildman–Crippen LogP) is 13.1. The first-order valence-electron chi connectivity index (χ1n) is 20.1. The quantitative estimate of drug-likeness (QED) is 0.176. The van der Waals surface area contributed by atoms with E-state index in [0.29, 0.717) is 17.5 Å². The van der Waals surface area contributed by atoms with E-state index in [1.165, 1.54) is 50.1 Å². The highest BCUT2D eigenvalue weighted by atomic mass is 15.0. The van der Waals surface area contributed by atoms with Gasteiger partial charge in [-0.15, -0.1) is 0 Å². The van der Waals surface area contributed by atoms with E-state index in [-0.39, 0.29) is 5.41 Å². The Morgan fingerprint density at radius 2 is 0.712 bits per heavy atom. The number of hydrogen-bond donors (Lipinski definition) is 0. The summed E-state index contributed by atoms with van der Waals surface area (Å²) >= 11 is 0. The van der Waals surface area contributed by atoms with Crippen LogP contribution in [0, 0.1) is 0 Å². The highest BCUT2D eigenvalue weighted by molar-refractivity contribution is 6.00. The van der Waals surface area contributed by atoms with E-state index < -0.39 is 0 Å². The van der Waals surface area contributed by atoms with Gasteiger partial charge in [-0.3, -0.25) is 4.98 Å². The van der Waals surface area contributed by atoms with Crippen LogP contribution < -0.4 is 0 Å². The van der Waals surface area contributed by atoms with Gasteiger partial charge in [-0.1, -0.05) is 194 Å². The molecule has 2 heterocycles. The summed E-state index contributed by atoms with van der Waals surface area (Å²) in [4.78, 5) is 19.8. The van der Waals surface area contributed by atoms with Crippen LogP contribution >= 0.6 is 0 Å². The second kappa shape index (κ2) is 13.1. The smallest absolute Gasteiger partial charge is 0.164 e. The number of nitrogens with zero attached hydrogens (tertiary/aromatic N) is 4. The molecule has 0 amide bonds. The third-order valence-corrected chi connectivity index (χ3v) is 12.2. The first-order valence-corrected chi connectivity index (χ1v) is 20.1. The SMILES string of the molecule is c1ccc(-c2nc(-c3ccc(-c4cccc5c4-c4ccccc4C54c5ccccc5-c5ccccc54)cc3)nc(-c3ccc(-c4cccc5cccnc45)cc3)n2)cc1. The topological polar surface area (TPSA) is 51.6 Å². The predicted molar refractivity (Wildman–Crippen MR) is 239 cm³/mol. The molecule has 0 N–H and O–H groups in total. The molecule has 10 aromatic rings. The van der Waals surface area contributed by atoms with Gasteiger partial charge < -0.3 is 0 Å². The van der Waals surface area contributed by atoms with Crippen LogP contribution in [0.15, 0.2) is 206 Å². The summed E-state index contributed by atoms with van der Waals surface area (Å²) in [6.45, 7) is 0.